The topological polar surface area (TPSA) is 49.4 Å². The van der Waals surface area contributed by atoms with Crippen molar-refractivity contribution in [3.8, 4) is 0 Å². The third kappa shape index (κ3) is 4.69. The second-order valence-corrected chi connectivity index (χ2v) is 6.24. The molecule has 120 valence electrons. The van der Waals surface area contributed by atoms with Crippen LogP contribution in [-0.2, 0) is 9.59 Å². The third-order valence-electron chi connectivity index (χ3n) is 3.66. The van der Waals surface area contributed by atoms with Crippen molar-refractivity contribution in [1.82, 2.24) is 4.90 Å². The zero-order valence-corrected chi connectivity index (χ0v) is 13.0. The predicted molar refractivity (Wildman–Crippen MR) is 81.9 cm³/mol. The zero-order valence-electron chi connectivity index (χ0n) is 12.2. The summed E-state index contributed by atoms with van der Waals surface area (Å²) in [7, 11) is 0. The molecule has 0 bridgehead atoms. The molecular formula is C15H18F2N2O2S. The molecule has 2 amide bonds. The van der Waals surface area contributed by atoms with Crippen LogP contribution < -0.4 is 5.32 Å². The fourth-order valence-corrected chi connectivity index (χ4v) is 2.92. The second kappa shape index (κ2) is 7.58. The van der Waals surface area contributed by atoms with Gasteiger partial charge >= 0.3 is 0 Å². The van der Waals surface area contributed by atoms with Gasteiger partial charge in [-0.05, 0) is 37.1 Å². The SMILES string of the molecule is CC(=O)N1CCC(C(=O)Nc2ccc(SC(F)F)cc2)CC1. The highest BCUT2D eigenvalue weighted by Gasteiger charge is 2.25. The van der Waals surface area contributed by atoms with Crippen molar-refractivity contribution in [1.29, 1.82) is 0 Å². The first-order valence-corrected chi connectivity index (χ1v) is 7.95. The normalized spacial score (nSPS) is 15.9. The summed E-state index contributed by atoms with van der Waals surface area (Å²) in [6, 6.07) is 6.36. The number of alkyl halides is 2. The molecular weight excluding hydrogens is 310 g/mol. The maximum atomic E-state index is 12.2. The molecule has 1 N–H and O–H groups in total. The molecule has 1 heterocycles. The summed E-state index contributed by atoms with van der Waals surface area (Å²) in [5.74, 6) is -2.62. The minimum atomic E-state index is -2.45. The summed E-state index contributed by atoms with van der Waals surface area (Å²) in [5, 5.41) is 2.80. The molecule has 0 aromatic heterocycles. The van der Waals surface area contributed by atoms with Crippen molar-refractivity contribution >= 4 is 29.3 Å². The number of halogens is 2. The molecule has 0 unspecified atom stereocenters. The quantitative estimate of drug-likeness (QED) is 0.864. The summed E-state index contributed by atoms with van der Waals surface area (Å²) in [4.78, 5) is 25.6. The highest BCUT2D eigenvalue weighted by Crippen LogP contribution is 2.26. The minimum absolute atomic E-state index is 0.0333. The Bertz CT molecular complexity index is 529. The molecule has 0 atom stereocenters. The minimum Gasteiger partial charge on any atom is -0.343 e. The molecule has 22 heavy (non-hydrogen) atoms. The fraction of sp³-hybridized carbons (Fsp3) is 0.467. The van der Waals surface area contributed by atoms with Gasteiger partial charge < -0.3 is 10.2 Å². The van der Waals surface area contributed by atoms with Gasteiger partial charge in [0.05, 0.1) is 0 Å². The lowest BCUT2D eigenvalue weighted by Gasteiger charge is -2.30. The molecule has 0 spiro atoms. The van der Waals surface area contributed by atoms with Gasteiger partial charge in [0.25, 0.3) is 5.76 Å². The number of carbonyl (C=O) groups excluding carboxylic acids is 2. The van der Waals surface area contributed by atoms with E-state index < -0.39 is 5.76 Å². The highest BCUT2D eigenvalue weighted by molar-refractivity contribution is 7.99. The van der Waals surface area contributed by atoms with E-state index in [0.717, 1.165) is 0 Å². The number of anilines is 1. The van der Waals surface area contributed by atoms with Crippen LogP contribution in [0.25, 0.3) is 0 Å². The lowest BCUT2D eigenvalue weighted by molar-refractivity contribution is -0.132. The first kappa shape index (κ1) is 16.7. The van der Waals surface area contributed by atoms with Crippen molar-refractivity contribution in [2.24, 2.45) is 5.92 Å². The molecule has 0 saturated carbocycles. The van der Waals surface area contributed by atoms with E-state index >= 15 is 0 Å². The Balaban J connectivity index is 1.86. The molecule has 7 heteroatoms. The summed E-state index contributed by atoms with van der Waals surface area (Å²) in [5.41, 5.74) is 0.595. The number of rotatable bonds is 4. The van der Waals surface area contributed by atoms with Crippen LogP contribution in [0.2, 0.25) is 0 Å². The van der Waals surface area contributed by atoms with Crippen LogP contribution in [0, 0.1) is 5.92 Å². The van der Waals surface area contributed by atoms with Gasteiger partial charge in [-0.25, -0.2) is 0 Å². The Labute approximate surface area is 132 Å². The van der Waals surface area contributed by atoms with E-state index in [1.807, 2.05) is 0 Å². The fourth-order valence-electron chi connectivity index (χ4n) is 2.42. The monoisotopic (exact) mass is 328 g/mol. The average Bonchev–Trinajstić information content (AvgIpc) is 2.49. The summed E-state index contributed by atoms with van der Waals surface area (Å²) >= 11 is 0.474. The number of thioether (sulfide) groups is 1. The van der Waals surface area contributed by atoms with E-state index in [1.54, 1.807) is 29.2 Å². The standard InChI is InChI=1S/C15H18F2N2O2S/c1-10(20)19-8-6-11(7-9-19)14(21)18-12-2-4-13(5-3-12)22-15(16)17/h2-5,11,15H,6-9H2,1H3,(H,18,21). The van der Waals surface area contributed by atoms with E-state index in [2.05, 4.69) is 5.32 Å². The lowest BCUT2D eigenvalue weighted by atomic mass is 9.96. The summed E-state index contributed by atoms with van der Waals surface area (Å²) < 4.78 is 24.5. The number of hydrogen-bond donors (Lipinski definition) is 1. The first-order valence-electron chi connectivity index (χ1n) is 7.07. The van der Waals surface area contributed by atoms with Gasteiger partial charge in [0.15, 0.2) is 0 Å². The Hall–Kier alpha value is -1.63. The van der Waals surface area contributed by atoms with E-state index in [9.17, 15) is 18.4 Å². The van der Waals surface area contributed by atoms with Crippen molar-refractivity contribution in [3.05, 3.63) is 24.3 Å². The molecule has 2 rings (SSSR count). The molecule has 1 aromatic carbocycles. The van der Waals surface area contributed by atoms with E-state index in [1.165, 1.54) is 6.92 Å². The molecule has 1 aliphatic rings. The van der Waals surface area contributed by atoms with Crippen LogP contribution in [0.5, 0.6) is 0 Å². The Morgan fingerprint density at radius 2 is 1.82 bits per heavy atom. The highest BCUT2D eigenvalue weighted by atomic mass is 32.2. The maximum absolute atomic E-state index is 12.2. The summed E-state index contributed by atoms with van der Waals surface area (Å²) in [6.45, 7) is 2.72. The van der Waals surface area contributed by atoms with E-state index in [-0.39, 0.29) is 17.7 Å². The van der Waals surface area contributed by atoms with Crippen LogP contribution in [0.1, 0.15) is 19.8 Å². The largest absolute Gasteiger partial charge is 0.343 e. The first-order chi connectivity index (χ1) is 10.5. The number of piperidine rings is 1. The number of nitrogens with one attached hydrogen (secondary N) is 1. The molecule has 1 aromatic rings. The molecule has 4 nitrogen and oxygen atoms in total. The Morgan fingerprint density at radius 3 is 2.32 bits per heavy atom. The number of carbonyl (C=O) groups is 2. The van der Waals surface area contributed by atoms with Gasteiger partial charge in [-0.15, -0.1) is 0 Å². The maximum Gasteiger partial charge on any atom is 0.288 e. The zero-order chi connectivity index (χ0) is 16.1. The van der Waals surface area contributed by atoms with Gasteiger partial charge in [-0.1, -0.05) is 11.8 Å². The van der Waals surface area contributed by atoms with E-state index in [4.69, 9.17) is 0 Å². The van der Waals surface area contributed by atoms with Crippen LogP contribution in [0.3, 0.4) is 0 Å². The van der Waals surface area contributed by atoms with Crippen LogP contribution >= 0.6 is 11.8 Å². The number of hydrogen-bond acceptors (Lipinski definition) is 3. The molecule has 0 radical (unpaired) electrons. The Morgan fingerprint density at radius 1 is 1.23 bits per heavy atom. The van der Waals surface area contributed by atoms with Crippen LogP contribution in [0.15, 0.2) is 29.2 Å². The average molecular weight is 328 g/mol. The molecule has 1 saturated heterocycles. The summed E-state index contributed by atoms with van der Waals surface area (Å²) in [6.07, 6.45) is 1.29. The van der Waals surface area contributed by atoms with Crippen LogP contribution in [-0.4, -0.2) is 35.6 Å². The van der Waals surface area contributed by atoms with Crippen LogP contribution in [0.4, 0.5) is 14.5 Å². The van der Waals surface area contributed by atoms with Crippen molar-refractivity contribution in [3.63, 3.8) is 0 Å². The number of amides is 2. The molecule has 1 fully saturated rings. The second-order valence-electron chi connectivity index (χ2n) is 5.17. The van der Waals surface area contributed by atoms with Gasteiger partial charge in [0.2, 0.25) is 11.8 Å². The van der Waals surface area contributed by atoms with Gasteiger partial charge in [-0.2, -0.15) is 8.78 Å². The predicted octanol–water partition coefficient (Wildman–Crippen LogP) is 3.20. The van der Waals surface area contributed by atoms with Crippen molar-refractivity contribution < 1.29 is 18.4 Å². The van der Waals surface area contributed by atoms with Crippen molar-refractivity contribution in [2.75, 3.05) is 18.4 Å². The molecule has 0 aliphatic carbocycles. The number of likely N-dealkylation sites (tertiary alicyclic amines) is 1. The van der Waals surface area contributed by atoms with Crippen molar-refractivity contribution in [2.45, 2.75) is 30.4 Å². The van der Waals surface area contributed by atoms with Gasteiger partial charge in [0.1, 0.15) is 0 Å². The Kier molecular flexibility index (Phi) is 5.76. The smallest absolute Gasteiger partial charge is 0.288 e. The third-order valence-corrected chi connectivity index (χ3v) is 4.38. The lowest BCUT2D eigenvalue weighted by Crippen LogP contribution is -2.40. The number of benzene rings is 1. The van der Waals surface area contributed by atoms with E-state index in [0.29, 0.717) is 48.3 Å². The number of nitrogens with zero attached hydrogens (tertiary/aromatic N) is 1. The van der Waals surface area contributed by atoms with Gasteiger partial charge in [0, 0.05) is 36.5 Å². The van der Waals surface area contributed by atoms with Gasteiger partial charge in [-0.3, -0.25) is 9.59 Å². The molecule has 1 aliphatic heterocycles.